The second-order valence-corrected chi connectivity index (χ2v) is 4.88. The summed E-state index contributed by atoms with van der Waals surface area (Å²) in [6, 6.07) is 5.01. The average Bonchev–Trinajstić information content (AvgIpc) is 2.60. The lowest BCUT2D eigenvalue weighted by molar-refractivity contribution is -0.138. The predicted molar refractivity (Wildman–Crippen MR) is 68.9 cm³/mol. The van der Waals surface area contributed by atoms with Gasteiger partial charge in [-0.15, -0.1) is 0 Å². The van der Waals surface area contributed by atoms with Crippen LogP contribution in [0.25, 0.3) is 0 Å². The van der Waals surface area contributed by atoms with Crippen molar-refractivity contribution in [2.45, 2.75) is 38.0 Å². The maximum atomic E-state index is 12.8. The molecule has 0 unspecified atom stereocenters. The minimum absolute atomic E-state index is 0.0355. The largest absolute Gasteiger partial charge is 0.416 e. The molecule has 2 N–H and O–H groups in total. The van der Waals surface area contributed by atoms with E-state index in [1.807, 2.05) is 0 Å². The molecule has 0 aromatic heterocycles. The number of benzene rings is 1. The molecule has 1 aromatic carbocycles. The first-order valence-electron chi connectivity index (χ1n) is 6.64. The van der Waals surface area contributed by atoms with E-state index in [4.69, 9.17) is 0 Å². The van der Waals surface area contributed by atoms with Gasteiger partial charge in [0.05, 0.1) is 11.6 Å². The highest BCUT2D eigenvalue weighted by Gasteiger charge is 2.33. The topological polar surface area (TPSA) is 41.1 Å². The van der Waals surface area contributed by atoms with Crippen LogP contribution in [0.3, 0.4) is 0 Å². The van der Waals surface area contributed by atoms with Crippen molar-refractivity contribution in [1.29, 1.82) is 0 Å². The molecule has 0 aliphatic carbocycles. The number of amides is 1. The van der Waals surface area contributed by atoms with Crippen molar-refractivity contribution in [3.8, 4) is 0 Å². The zero-order chi connectivity index (χ0) is 14.6. The van der Waals surface area contributed by atoms with Crippen LogP contribution in [0, 0.1) is 0 Å². The molecular weight excluding hydrogens is 269 g/mol. The SMILES string of the molecule is O=C1NCCCC[C@H]1NCc1ccccc1C(F)(F)F. The maximum Gasteiger partial charge on any atom is 0.416 e. The van der Waals surface area contributed by atoms with Gasteiger partial charge in [0.1, 0.15) is 0 Å². The van der Waals surface area contributed by atoms with E-state index in [2.05, 4.69) is 10.6 Å². The van der Waals surface area contributed by atoms with Crippen molar-refractivity contribution in [2.24, 2.45) is 0 Å². The van der Waals surface area contributed by atoms with E-state index in [9.17, 15) is 18.0 Å². The first-order chi connectivity index (χ1) is 9.48. The first-order valence-corrected chi connectivity index (χ1v) is 6.64. The fourth-order valence-corrected chi connectivity index (χ4v) is 2.32. The molecule has 1 aliphatic heterocycles. The Balaban J connectivity index is 2.05. The number of hydrogen-bond acceptors (Lipinski definition) is 2. The second-order valence-electron chi connectivity index (χ2n) is 4.88. The molecule has 1 atom stereocenters. The number of alkyl halides is 3. The third-order valence-electron chi connectivity index (χ3n) is 3.40. The molecular formula is C14H17F3N2O. The lowest BCUT2D eigenvalue weighted by Crippen LogP contribution is -2.42. The molecule has 1 saturated heterocycles. The van der Waals surface area contributed by atoms with Gasteiger partial charge < -0.3 is 10.6 Å². The van der Waals surface area contributed by atoms with Gasteiger partial charge in [-0.2, -0.15) is 13.2 Å². The van der Waals surface area contributed by atoms with E-state index < -0.39 is 17.8 Å². The third-order valence-corrected chi connectivity index (χ3v) is 3.40. The van der Waals surface area contributed by atoms with Crippen LogP contribution in [0.4, 0.5) is 13.2 Å². The van der Waals surface area contributed by atoms with Crippen molar-refractivity contribution < 1.29 is 18.0 Å². The van der Waals surface area contributed by atoms with Crippen molar-refractivity contribution >= 4 is 5.91 Å². The molecule has 20 heavy (non-hydrogen) atoms. The molecule has 0 saturated carbocycles. The molecule has 0 spiro atoms. The summed E-state index contributed by atoms with van der Waals surface area (Å²) in [5.41, 5.74) is -0.487. The van der Waals surface area contributed by atoms with Crippen molar-refractivity contribution in [3.63, 3.8) is 0 Å². The standard InChI is InChI=1S/C14H17F3N2O/c15-14(16,17)11-6-2-1-5-10(11)9-19-12-7-3-4-8-18-13(12)20/h1-2,5-6,12,19H,3-4,7-9H2,(H,18,20)/t12-/m1/s1. The van der Waals surface area contributed by atoms with Gasteiger partial charge in [-0.25, -0.2) is 0 Å². The molecule has 3 nitrogen and oxygen atoms in total. The highest BCUT2D eigenvalue weighted by molar-refractivity contribution is 5.81. The fourth-order valence-electron chi connectivity index (χ4n) is 2.32. The van der Waals surface area contributed by atoms with Crippen LogP contribution < -0.4 is 10.6 Å². The molecule has 0 radical (unpaired) electrons. The number of carbonyl (C=O) groups is 1. The molecule has 1 heterocycles. The van der Waals surface area contributed by atoms with Crippen molar-refractivity contribution in [1.82, 2.24) is 10.6 Å². The molecule has 1 aromatic rings. The number of carbonyl (C=O) groups excluding carboxylic acids is 1. The Kier molecular flexibility index (Phi) is 4.65. The van der Waals surface area contributed by atoms with E-state index in [1.165, 1.54) is 12.1 Å². The van der Waals surface area contributed by atoms with Crippen LogP contribution in [0.2, 0.25) is 0 Å². The lowest BCUT2D eigenvalue weighted by atomic mass is 10.1. The van der Waals surface area contributed by atoms with E-state index >= 15 is 0 Å². The highest BCUT2D eigenvalue weighted by Crippen LogP contribution is 2.31. The van der Waals surface area contributed by atoms with Crippen LogP contribution in [-0.4, -0.2) is 18.5 Å². The van der Waals surface area contributed by atoms with Gasteiger partial charge in [0, 0.05) is 13.1 Å². The van der Waals surface area contributed by atoms with Gasteiger partial charge in [-0.3, -0.25) is 4.79 Å². The summed E-state index contributed by atoms with van der Waals surface area (Å²) in [4.78, 5) is 11.7. The molecule has 0 bridgehead atoms. The zero-order valence-corrected chi connectivity index (χ0v) is 11.0. The Bertz CT molecular complexity index is 474. The van der Waals surface area contributed by atoms with Crippen LogP contribution in [0.1, 0.15) is 30.4 Å². The molecule has 6 heteroatoms. The van der Waals surface area contributed by atoms with Gasteiger partial charge in [-0.1, -0.05) is 18.2 Å². The summed E-state index contributed by atoms with van der Waals surface area (Å²) in [6.45, 7) is 0.671. The van der Waals surface area contributed by atoms with Crippen LogP contribution >= 0.6 is 0 Å². The number of rotatable bonds is 3. The summed E-state index contributed by atoms with van der Waals surface area (Å²) >= 11 is 0. The smallest absolute Gasteiger partial charge is 0.355 e. The number of nitrogens with one attached hydrogen (secondary N) is 2. The number of halogens is 3. The first kappa shape index (κ1) is 14.8. The minimum Gasteiger partial charge on any atom is -0.355 e. The Morgan fingerprint density at radius 3 is 2.75 bits per heavy atom. The van der Waals surface area contributed by atoms with Crippen LogP contribution in [-0.2, 0) is 17.5 Å². The average molecular weight is 286 g/mol. The van der Waals surface area contributed by atoms with Gasteiger partial charge in [0.25, 0.3) is 0 Å². The molecule has 1 amide bonds. The Morgan fingerprint density at radius 2 is 2.00 bits per heavy atom. The quantitative estimate of drug-likeness (QED) is 0.896. The predicted octanol–water partition coefficient (Wildman–Crippen LogP) is 2.46. The normalized spacial score (nSPS) is 20.4. The lowest BCUT2D eigenvalue weighted by Gasteiger charge is -2.17. The van der Waals surface area contributed by atoms with Gasteiger partial charge in [-0.05, 0) is 30.9 Å². The summed E-state index contributed by atoms with van der Waals surface area (Å²) in [5, 5.41) is 5.68. The monoisotopic (exact) mass is 286 g/mol. The second kappa shape index (κ2) is 6.26. The van der Waals surface area contributed by atoms with Crippen molar-refractivity contribution in [3.05, 3.63) is 35.4 Å². The summed E-state index contributed by atoms with van der Waals surface area (Å²) < 4.78 is 38.5. The molecule has 2 rings (SSSR count). The Morgan fingerprint density at radius 1 is 1.25 bits per heavy atom. The highest BCUT2D eigenvalue weighted by atomic mass is 19.4. The van der Waals surface area contributed by atoms with E-state index in [0.29, 0.717) is 13.0 Å². The van der Waals surface area contributed by atoms with Crippen LogP contribution in [0.5, 0.6) is 0 Å². The molecule has 1 aliphatic rings. The van der Waals surface area contributed by atoms with E-state index in [1.54, 1.807) is 6.07 Å². The fraction of sp³-hybridized carbons (Fsp3) is 0.500. The Hall–Kier alpha value is -1.56. The minimum atomic E-state index is -4.37. The maximum absolute atomic E-state index is 12.8. The summed E-state index contributed by atoms with van der Waals surface area (Å²) in [5.74, 6) is -0.132. The van der Waals surface area contributed by atoms with Crippen LogP contribution in [0.15, 0.2) is 24.3 Å². The third kappa shape index (κ3) is 3.72. The van der Waals surface area contributed by atoms with E-state index in [0.717, 1.165) is 18.9 Å². The zero-order valence-electron chi connectivity index (χ0n) is 11.0. The van der Waals surface area contributed by atoms with Gasteiger partial charge in [0.2, 0.25) is 5.91 Å². The summed E-state index contributed by atoms with van der Waals surface area (Å²) in [6.07, 6.45) is -1.93. The summed E-state index contributed by atoms with van der Waals surface area (Å²) in [7, 11) is 0. The molecule has 1 fully saturated rings. The Labute approximate surface area is 115 Å². The number of hydrogen-bond donors (Lipinski definition) is 2. The van der Waals surface area contributed by atoms with Gasteiger partial charge in [0.15, 0.2) is 0 Å². The van der Waals surface area contributed by atoms with E-state index in [-0.39, 0.29) is 18.0 Å². The molecule has 110 valence electrons. The van der Waals surface area contributed by atoms with Crippen molar-refractivity contribution in [2.75, 3.05) is 6.54 Å². The van der Waals surface area contributed by atoms with Gasteiger partial charge >= 0.3 is 6.18 Å².